The molecule has 3 aromatic rings. The van der Waals surface area contributed by atoms with Gasteiger partial charge in [0.05, 0.1) is 12.2 Å². The number of hydrogen-bond donors (Lipinski definition) is 2. The lowest BCUT2D eigenvalue weighted by Crippen LogP contribution is -2.38. The Morgan fingerprint density at radius 2 is 2.00 bits per heavy atom. The summed E-state index contributed by atoms with van der Waals surface area (Å²) in [5.41, 5.74) is 4.38. The van der Waals surface area contributed by atoms with Crippen LogP contribution in [0.5, 0.6) is 0 Å². The van der Waals surface area contributed by atoms with Gasteiger partial charge in [0.25, 0.3) is 0 Å². The van der Waals surface area contributed by atoms with Crippen LogP contribution in [0, 0.1) is 6.92 Å². The molecule has 0 bridgehead atoms. The zero-order chi connectivity index (χ0) is 18.4. The number of aromatic nitrogens is 1. The molecule has 0 aliphatic carbocycles. The molecule has 27 heavy (non-hydrogen) atoms. The first-order valence-corrected chi connectivity index (χ1v) is 9.58. The summed E-state index contributed by atoms with van der Waals surface area (Å²) in [6.07, 6.45) is 1.68. The molecular formula is C20H25IN4OS. The van der Waals surface area contributed by atoms with E-state index in [1.165, 1.54) is 11.1 Å². The van der Waals surface area contributed by atoms with Crippen molar-refractivity contribution in [2.45, 2.75) is 26.3 Å². The van der Waals surface area contributed by atoms with Crippen LogP contribution in [-0.2, 0) is 6.54 Å². The summed E-state index contributed by atoms with van der Waals surface area (Å²) in [4.78, 5) is 8.81. The van der Waals surface area contributed by atoms with Gasteiger partial charge in [-0.05, 0) is 47.4 Å². The maximum absolute atomic E-state index is 5.59. The van der Waals surface area contributed by atoms with Crippen molar-refractivity contribution in [2.24, 2.45) is 4.99 Å². The second-order valence-electron chi connectivity index (χ2n) is 6.27. The van der Waals surface area contributed by atoms with E-state index < -0.39 is 0 Å². The van der Waals surface area contributed by atoms with Crippen LogP contribution in [0.2, 0.25) is 0 Å². The van der Waals surface area contributed by atoms with Gasteiger partial charge in [0.1, 0.15) is 6.26 Å². The first kappa shape index (κ1) is 21.4. The molecule has 0 amide bonds. The number of guanidine groups is 1. The Labute approximate surface area is 181 Å². The molecule has 0 aliphatic rings. The number of nitrogens with zero attached hydrogens (tertiary/aromatic N) is 2. The minimum absolute atomic E-state index is 0. The number of oxazole rings is 1. The lowest BCUT2D eigenvalue weighted by Gasteiger charge is -2.14. The number of hydrogen-bond acceptors (Lipinski definition) is 4. The van der Waals surface area contributed by atoms with Crippen molar-refractivity contribution in [1.29, 1.82) is 0 Å². The summed E-state index contributed by atoms with van der Waals surface area (Å²) < 4.78 is 5.59. The average Bonchev–Trinajstić information content (AvgIpc) is 3.34. The van der Waals surface area contributed by atoms with Crippen LogP contribution in [-0.4, -0.2) is 24.5 Å². The molecule has 1 unspecified atom stereocenters. The van der Waals surface area contributed by atoms with Gasteiger partial charge >= 0.3 is 0 Å². The normalized spacial score (nSPS) is 12.3. The van der Waals surface area contributed by atoms with Crippen LogP contribution in [0.1, 0.15) is 29.7 Å². The summed E-state index contributed by atoms with van der Waals surface area (Å²) in [6, 6.07) is 10.3. The standard InChI is InChI=1S/C20H24N4OS.HI/c1-14-4-6-16(7-5-14)19-24-18(12-25-19)11-23-20(21-3)22-10-15(2)17-8-9-26-13-17;/h4-9,12-13,15H,10-11H2,1-3H3,(H2,21,22,23);1H. The number of aliphatic imine (C=N–C) groups is 1. The van der Waals surface area contributed by atoms with Gasteiger partial charge in [-0.3, -0.25) is 4.99 Å². The van der Waals surface area contributed by atoms with Crippen molar-refractivity contribution in [1.82, 2.24) is 15.6 Å². The van der Waals surface area contributed by atoms with Crippen molar-refractivity contribution in [3.63, 3.8) is 0 Å². The molecule has 1 atom stereocenters. The second kappa shape index (κ2) is 10.5. The van der Waals surface area contributed by atoms with Gasteiger partial charge in [-0.25, -0.2) is 4.98 Å². The Kier molecular flexibility index (Phi) is 8.30. The maximum atomic E-state index is 5.59. The van der Waals surface area contributed by atoms with Gasteiger partial charge in [-0.2, -0.15) is 11.3 Å². The summed E-state index contributed by atoms with van der Waals surface area (Å²) in [5.74, 6) is 1.82. The molecule has 0 saturated heterocycles. The zero-order valence-electron chi connectivity index (χ0n) is 15.7. The number of aryl methyl sites for hydroxylation is 1. The van der Waals surface area contributed by atoms with E-state index in [-0.39, 0.29) is 24.0 Å². The van der Waals surface area contributed by atoms with Gasteiger partial charge in [-0.1, -0.05) is 24.6 Å². The highest BCUT2D eigenvalue weighted by molar-refractivity contribution is 14.0. The molecule has 2 heterocycles. The summed E-state index contributed by atoms with van der Waals surface area (Å²) >= 11 is 1.72. The Morgan fingerprint density at radius 3 is 2.67 bits per heavy atom. The largest absolute Gasteiger partial charge is 0.444 e. The molecule has 5 nitrogen and oxygen atoms in total. The van der Waals surface area contributed by atoms with Crippen molar-refractivity contribution in [3.8, 4) is 11.5 Å². The van der Waals surface area contributed by atoms with E-state index in [9.17, 15) is 0 Å². The Bertz CT molecular complexity index is 843. The molecule has 0 aliphatic heterocycles. The fourth-order valence-corrected chi connectivity index (χ4v) is 3.32. The van der Waals surface area contributed by atoms with Crippen molar-refractivity contribution < 1.29 is 4.42 Å². The van der Waals surface area contributed by atoms with Crippen LogP contribution in [0.15, 0.2) is 56.8 Å². The molecule has 144 valence electrons. The average molecular weight is 496 g/mol. The molecule has 7 heteroatoms. The number of benzene rings is 1. The second-order valence-corrected chi connectivity index (χ2v) is 7.05. The number of nitrogens with one attached hydrogen (secondary N) is 2. The number of thiophene rings is 1. The third kappa shape index (κ3) is 6.07. The molecule has 1 aromatic carbocycles. The highest BCUT2D eigenvalue weighted by Gasteiger charge is 2.09. The zero-order valence-corrected chi connectivity index (χ0v) is 18.9. The smallest absolute Gasteiger partial charge is 0.226 e. The van der Waals surface area contributed by atoms with E-state index in [2.05, 4.69) is 63.4 Å². The third-order valence-electron chi connectivity index (χ3n) is 4.20. The monoisotopic (exact) mass is 496 g/mol. The molecule has 0 fully saturated rings. The van der Waals surface area contributed by atoms with Gasteiger partial charge < -0.3 is 15.1 Å². The third-order valence-corrected chi connectivity index (χ3v) is 4.90. The topological polar surface area (TPSA) is 62.5 Å². The summed E-state index contributed by atoms with van der Waals surface area (Å²) in [7, 11) is 1.77. The Balaban J connectivity index is 0.00000261. The maximum Gasteiger partial charge on any atom is 0.226 e. The lowest BCUT2D eigenvalue weighted by atomic mass is 10.1. The fraction of sp³-hybridized carbons (Fsp3) is 0.300. The lowest BCUT2D eigenvalue weighted by molar-refractivity contribution is 0.572. The van der Waals surface area contributed by atoms with Crippen molar-refractivity contribution >= 4 is 41.3 Å². The van der Waals surface area contributed by atoms with Crippen molar-refractivity contribution in [3.05, 3.63) is 64.2 Å². The summed E-state index contributed by atoms with van der Waals surface area (Å²) in [6.45, 7) is 5.64. The molecule has 3 rings (SSSR count). The van der Waals surface area contributed by atoms with E-state index in [4.69, 9.17) is 4.42 Å². The molecule has 0 spiro atoms. The predicted molar refractivity (Wildman–Crippen MR) is 123 cm³/mol. The molecule has 2 N–H and O–H groups in total. The number of halogens is 1. The van der Waals surface area contributed by atoms with Gasteiger partial charge in [0, 0.05) is 19.2 Å². The molecule has 0 saturated carbocycles. The first-order valence-electron chi connectivity index (χ1n) is 8.63. The van der Waals surface area contributed by atoms with Crippen LogP contribution >= 0.6 is 35.3 Å². The van der Waals surface area contributed by atoms with Crippen LogP contribution in [0.25, 0.3) is 11.5 Å². The fourth-order valence-electron chi connectivity index (χ4n) is 2.53. The predicted octanol–water partition coefficient (Wildman–Crippen LogP) is 4.80. The van der Waals surface area contributed by atoms with E-state index >= 15 is 0 Å². The minimum Gasteiger partial charge on any atom is -0.444 e. The van der Waals surface area contributed by atoms with Crippen molar-refractivity contribution in [2.75, 3.05) is 13.6 Å². The number of rotatable bonds is 6. The highest BCUT2D eigenvalue weighted by atomic mass is 127. The quantitative estimate of drug-likeness (QED) is 0.293. The van der Waals surface area contributed by atoms with E-state index in [1.54, 1.807) is 24.6 Å². The van der Waals surface area contributed by atoms with Crippen LogP contribution in [0.3, 0.4) is 0 Å². The molecular weight excluding hydrogens is 471 g/mol. The highest BCUT2D eigenvalue weighted by Crippen LogP contribution is 2.19. The first-order chi connectivity index (χ1) is 12.7. The van der Waals surface area contributed by atoms with Gasteiger partial charge in [0.2, 0.25) is 5.89 Å². The Morgan fingerprint density at radius 1 is 1.22 bits per heavy atom. The van der Waals surface area contributed by atoms with Gasteiger partial charge in [-0.15, -0.1) is 24.0 Å². The van der Waals surface area contributed by atoms with E-state index in [0.29, 0.717) is 18.4 Å². The minimum atomic E-state index is 0. The SMILES string of the molecule is CN=C(NCc1coc(-c2ccc(C)cc2)n1)NCC(C)c1ccsc1.I. The van der Waals surface area contributed by atoms with E-state index in [0.717, 1.165) is 23.8 Å². The molecule has 0 radical (unpaired) electrons. The molecule has 2 aromatic heterocycles. The Hall–Kier alpha value is -1.87. The summed E-state index contributed by atoms with van der Waals surface area (Å²) in [5, 5.41) is 10.9. The van der Waals surface area contributed by atoms with Gasteiger partial charge in [0.15, 0.2) is 5.96 Å². The van der Waals surface area contributed by atoms with Crippen LogP contribution in [0.4, 0.5) is 0 Å². The van der Waals surface area contributed by atoms with E-state index in [1.807, 2.05) is 12.1 Å². The van der Waals surface area contributed by atoms with Crippen LogP contribution < -0.4 is 10.6 Å².